The summed E-state index contributed by atoms with van der Waals surface area (Å²) in [5.41, 5.74) is 0.646. The number of anilines is 1. The minimum absolute atomic E-state index is 0.00868. The first-order chi connectivity index (χ1) is 12.1. The third-order valence-electron chi connectivity index (χ3n) is 3.30. The van der Waals surface area contributed by atoms with Crippen LogP contribution in [0.4, 0.5) is 5.69 Å². The van der Waals surface area contributed by atoms with Crippen LogP contribution >= 0.6 is 0 Å². The first kappa shape index (κ1) is 18.3. The highest BCUT2D eigenvalue weighted by molar-refractivity contribution is 5.90. The van der Waals surface area contributed by atoms with E-state index in [-0.39, 0.29) is 18.7 Å². The molecule has 6 nitrogen and oxygen atoms in total. The molecule has 2 aromatic rings. The zero-order valence-electron chi connectivity index (χ0n) is 13.8. The van der Waals surface area contributed by atoms with Crippen molar-refractivity contribution in [1.82, 2.24) is 0 Å². The third kappa shape index (κ3) is 7.39. The van der Waals surface area contributed by atoms with E-state index >= 15 is 0 Å². The topological polar surface area (TPSA) is 84.9 Å². The molecule has 0 bridgehead atoms. The molecule has 0 radical (unpaired) electrons. The molecule has 0 unspecified atom stereocenters. The van der Waals surface area contributed by atoms with Gasteiger partial charge in [0.1, 0.15) is 24.7 Å². The van der Waals surface area contributed by atoms with Crippen LogP contribution in [-0.4, -0.2) is 30.2 Å². The second-order valence-corrected chi connectivity index (χ2v) is 5.33. The maximum atomic E-state index is 11.7. The second-order valence-electron chi connectivity index (χ2n) is 5.33. The monoisotopic (exact) mass is 343 g/mol. The molecule has 0 aliphatic rings. The Hall–Kier alpha value is -3.02. The average Bonchev–Trinajstić information content (AvgIpc) is 2.61. The van der Waals surface area contributed by atoms with Crippen LogP contribution < -0.4 is 14.8 Å². The molecule has 0 saturated carbocycles. The molecule has 0 heterocycles. The Balaban J connectivity index is 1.67. The van der Waals surface area contributed by atoms with Gasteiger partial charge in [0, 0.05) is 18.5 Å². The molecule has 0 aliphatic heterocycles. The predicted molar refractivity (Wildman–Crippen MR) is 94.0 cm³/mol. The standard InChI is InChI=1S/C19H21NO5/c21-18(7-4-8-19(22)23)20-15-9-11-17(12-10-15)25-14-13-24-16-5-2-1-3-6-16/h1-3,5-6,9-12H,4,7-8,13-14H2,(H,20,21)(H,22,23). The van der Waals surface area contributed by atoms with E-state index in [4.69, 9.17) is 14.6 Å². The molecule has 1 amide bonds. The van der Waals surface area contributed by atoms with E-state index in [0.717, 1.165) is 5.75 Å². The van der Waals surface area contributed by atoms with Gasteiger partial charge < -0.3 is 19.9 Å². The number of hydrogen-bond donors (Lipinski definition) is 2. The molecule has 6 heteroatoms. The van der Waals surface area contributed by atoms with Gasteiger partial charge in [0.05, 0.1) is 0 Å². The van der Waals surface area contributed by atoms with E-state index in [1.54, 1.807) is 24.3 Å². The van der Waals surface area contributed by atoms with E-state index in [9.17, 15) is 9.59 Å². The van der Waals surface area contributed by atoms with E-state index in [0.29, 0.717) is 31.1 Å². The van der Waals surface area contributed by atoms with Gasteiger partial charge >= 0.3 is 5.97 Å². The quantitative estimate of drug-likeness (QED) is 0.646. The minimum atomic E-state index is -0.898. The number of benzene rings is 2. The van der Waals surface area contributed by atoms with Crippen LogP contribution in [0.3, 0.4) is 0 Å². The van der Waals surface area contributed by atoms with Crippen LogP contribution in [0.1, 0.15) is 19.3 Å². The van der Waals surface area contributed by atoms with Gasteiger partial charge in [-0.15, -0.1) is 0 Å². The maximum Gasteiger partial charge on any atom is 0.303 e. The first-order valence-electron chi connectivity index (χ1n) is 8.06. The molecule has 0 aromatic heterocycles. The summed E-state index contributed by atoms with van der Waals surface area (Å²) in [7, 11) is 0. The Kier molecular flexibility index (Phi) is 7.31. The van der Waals surface area contributed by atoms with Crippen molar-refractivity contribution in [3.63, 3.8) is 0 Å². The fourth-order valence-corrected chi connectivity index (χ4v) is 2.09. The second kappa shape index (κ2) is 9.97. The number of aliphatic carboxylic acids is 1. The summed E-state index contributed by atoms with van der Waals surface area (Å²) in [6.45, 7) is 0.849. The van der Waals surface area contributed by atoms with Gasteiger partial charge in [-0.05, 0) is 42.8 Å². The number of carboxylic acids is 1. The van der Waals surface area contributed by atoms with Crippen LogP contribution in [0.15, 0.2) is 54.6 Å². The van der Waals surface area contributed by atoms with Crippen molar-refractivity contribution in [3.05, 3.63) is 54.6 Å². The van der Waals surface area contributed by atoms with Gasteiger partial charge in [-0.3, -0.25) is 9.59 Å². The van der Waals surface area contributed by atoms with Gasteiger partial charge in [-0.25, -0.2) is 0 Å². The first-order valence-corrected chi connectivity index (χ1v) is 8.06. The summed E-state index contributed by atoms with van der Waals surface area (Å²) >= 11 is 0. The van der Waals surface area contributed by atoms with Crippen molar-refractivity contribution in [1.29, 1.82) is 0 Å². The van der Waals surface area contributed by atoms with Crippen LogP contribution in [0.2, 0.25) is 0 Å². The van der Waals surface area contributed by atoms with Crippen molar-refractivity contribution < 1.29 is 24.2 Å². The highest BCUT2D eigenvalue weighted by Gasteiger charge is 2.05. The molecule has 0 aliphatic carbocycles. The molecular formula is C19H21NO5. The summed E-state index contributed by atoms with van der Waals surface area (Å²) in [6.07, 6.45) is 0.496. The zero-order valence-corrected chi connectivity index (χ0v) is 13.8. The van der Waals surface area contributed by atoms with Crippen LogP contribution in [0.25, 0.3) is 0 Å². The van der Waals surface area contributed by atoms with E-state index in [1.165, 1.54) is 0 Å². The number of carbonyl (C=O) groups excluding carboxylic acids is 1. The largest absolute Gasteiger partial charge is 0.490 e. The van der Waals surface area contributed by atoms with Gasteiger partial charge in [0.15, 0.2) is 0 Å². The van der Waals surface area contributed by atoms with Crippen molar-refractivity contribution >= 4 is 17.6 Å². The van der Waals surface area contributed by atoms with Gasteiger partial charge in [0.2, 0.25) is 5.91 Å². The van der Waals surface area contributed by atoms with E-state index < -0.39 is 5.97 Å². The molecule has 0 saturated heterocycles. The maximum absolute atomic E-state index is 11.7. The van der Waals surface area contributed by atoms with Crippen LogP contribution in [0, 0.1) is 0 Å². The van der Waals surface area contributed by atoms with Crippen molar-refractivity contribution in [2.45, 2.75) is 19.3 Å². The SMILES string of the molecule is O=C(O)CCCC(=O)Nc1ccc(OCCOc2ccccc2)cc1. The van der Waals surface area contributed by atoms with E-state index in [2.05, 4.69) is 5.32 Å². The summed E-state index contributed by atoms with van der Waals surface area (Å²) in [5, 5.41) is 11.3. The van der Waals surface area contributed by atoms with Gasteiger partial charge in [-0.1, -0.05) is 18.2 Å². The average molecular weight is 343 g/mol. The molecule has 2 N–H and O–H groups in total. The summed E-state index contributed by atoms with van der Waals surface area (Å²) in [6, 6.07) is 16.5. The van der Waals surface area contributed by atoms with Crippen LogP contribution in [-0.2, 0) is 9.59 Å². The molecule has 25 heavy (non-hydrogen) atoms. The lowest BCUT2D eigenvalue weighted by atomic mass is 10.2. The number of hydrogen-bond acceptors (Lipinski definition) is 4. The number of carboxylic acid groups (broad SMARTS) is 1. The lowest BCUT2D eigenvalue weighted by Gasteiger charge is -2.09. The smallest absolute Gasteiger partial charge is 0.303 e. The number of carbonyl (C=O) groups is 2. The fraction of sp³-hybridized carbons (Fsp3) is 0.263. The Morgan fingerprint density at radius 2 is 1.44 bits per heavy atom. The highest BCUT2D eigenvalue weighted by Crippen LogP contribution is 2.16. The molecular weight excluding hydrogens is 322 g/mol. The molecule has 0 fully saturated rings. The predicted octanol–water partition coefficient (Wildman–Crippen LogP) is 3.34. The normalized spacial score (nSPS) is 10.1. The Morgan fingerprint density at radius 3 is 2.04 bits per heavy atom. The minimum Gasteiger partial charge on any atom is -0.490 e. The fourth-order valence-electron chi connectivity index (χ4n) is 2.09. The van der Waals surface area contributed by atoms with Crippen molar-refractivity contribution in [3.8, 4) is 11.5 Å². The molecule has 132 valence electrons. The Labute approximate surface area is 146 Å². The Morgan fingerprint density at radius 1 is 0.840 bits per heavy atom. The van der Waals surface area contributed by atoms with Gasteiger partial charge in [-0.2, -0.15) is 0 Å². The summed E-state index contributed by atoms with van der Waals surface area (Å²) in [5.74, 6) is 0.379. The van der Waals surface area contributed by atoms with Crippen molar-refractivity contribution in [2.75, 3.05) is 18.5 Å². The number of nitrogens with one attached hydrogen (secondary N) is 1. The number of ether oxygens (including phenoxy) is 2. The van der Waals surface area contributed by atoms with Crippen molar-refractivity contribution in [2.24, 2.45) is 0 Å². The Bertz CT molecular complexity index is 670. The molecule has 2 aromatic carbocycles. The van der Waals surface area contributed by atoms with Crippen LogP contribution in [0.5, 0.6) is 11.5 Å². The van der Waals surface area contributed by atoms with E-state index in [1.807, 2.05) is 30.3 Å². The number of amides is 1. The lowest BCUT2D eigenvalue weighted by Crippen LogP contribution is -2.12. The van der Waals surface area contributed by atoms with Gasteiger partial charge in [0.25, 0.3) is 0 Å². The lowest BCUT2D eigenvalue weighted by molar-refractivity contribution is -0.137. The number of rotatable bonds is 10. The number of para-hydroxylation sites is 1. The zero-order chi connectivity index (χ0) is 17.9. The highest BCUT2D eigenvalue weighted by atomic mass is 16.5. The summed E-state index contributed by atoms with van der Waals surface area (Å²) < 4.78 is 11.1. The molecule has 2 rings (SSSR count). The summed E-state index contributed by atoms with van der Waals surface area (Å²) in [4.78, 5) is 22.1. The molecule has 0 spiro atoms. The third-order valence-corrected chi connectivity index (χ3v) is 3.30. The molecule has 0 atom stereocenters.